The van der Waals surface area contributed by atoms with Crippen LogP contribution in [-0.2, 0) is 4.79 Å². The van der Waals surface area contributed by atoms with Gasteiger partial charge in [-0.05, 0) is 35.9 Å². The molecule has 3 heterocycles. The van der Waals surface area contributed by atoms with Gasteiger partial charge in [0.05, 0.1) is 32.7 Å². The highest BCUT2D eigenvalue weighted by Gasteiger charge is 2.21. The van der Waals surface area contributed by atoms with Crippen molar-refractivity contribution in [2.24, 2.45) is 0 Å². The van der Waals surface area contributed by atoms with Gasteiger partial charge >= 0.3 is 0 Å². The molecule has 2 aromatic carbocycles. The number of pyridine rings is 1. The average Bonchev–Trinajstić information content (AvgIpc) is 3.46. The number of hydrogen-bond donors (Lipinski definition) is 2. The summed E-state index contributed by atoms with van der Waals surface area (Å²) < 4.78 is 22.6. The van der Waals surface area contributed by atoms with Crippen molar-refractivity contribution in [3.8, 4) is 39.7 Å². The highest BCUT2D eigenvalue weighted by molar-refractivity contribution is 5.95. The van der Waals surface area contributed by atoms with E-state index in [0.29, 0.717) is 28.6 Å². The minimum absolute atomic E-state index is 0.423. The van der Waals surface area contributed by atoms with Gasteiger partial charge < -0.3 is 29.3 Å². The van der Waals surface area contributed by atoms with Crippen LogP contribution in [0.25, 0.3) is 33.6 Å². The molecule has 0 spiro atoms. The predicted molar refractivity (Wildman–Crippen MR) is 122 cm³/mol. The molecular formula is C24H21N3O5. The van der Waals surface area contributed by atoms with E-state index in [1.807, 2.05) is 42.5 Å². The number of carbonyl (C=O) groups is 1. The molecule has 0 fully saturated rings. The van der Waals surface area contributed by atoms with Gasteiger partial charge in [0, 0.05) is 23.4 Å². The third-order valence-corrected chi connectivity index (χ3v) is 5.45. The van der Waals surface area contributed by atoms with Gasteiger partial charge in [-0.2, -0.15) is 0 Å². The summed E-state index contributed by atoms with van der Waals surface area (Å²) in [5.74, 6) is 2.22. The molecule has 0 radical (unpaired) electrons. The van der Waals surface area contributed by atoms with Crippen molar-refractivity contribution in [1.29, 1.82) is 0 Å². The SMILES string of the molecule is COc1cc(-c2cc3nccc(-c4ccc5c(c4)NC(C=O)N5)c3o2)cc(OC)c1OC. The van der Waals surface area contributed by atoms with Crippen molar-refractivity contribution >= 4 is 28.8 Å². The molecule has 0 amide bonds. The molecule has 2 aromatic heterocycles. The summed E-state index contributed by atoms with van der Waals surface area (Å²) in [4.78, 5) is 15.6. The van der Waals surface area contributed by atoms with Crippen molar-refractivity contribution in [1.82, 2.24) is 4.98 Å². The number of anilines is 2. The van der Waals surface area contributed by atoms with E-state index >= 15 is 0 Å². The molecule has 4 aromatic rings. The fraction of sp³-hybridized carbons (Fsp3) is 0.167. The van der Waals surface area contributed by atoms with Crippen molar-refractivity contribution in [3.63, 3.8) is 0 Å². The number of hydrogen-bond acceptors (Lipinski definition) is 8. The van der Waals surface area contributed by atoms with Crippen LogP contribution in [0.4, 0.5) is 11.4 Å². The van der Waals surface area contributed by atoms with Gasteiger partial charge in [-0.25, -0.2) is 0 Å². The highest BCUT2D eigenvalue weighted by Crippen LogP contribution is 2.43. The van der Waals surface area contributed by atoms with Crippen molar-refractivity contribution in [2.45, 2.75) is 6.17 Å². The Morgan fingerprint density at radius 3 is 2.34 bits per heavy atom. The first-order valence-corrected chi connectivity index (χ1v) is 9.97. The summed E-state index contributed by atoms with van der Waals surface area (Å²) in [6.45, 7) is 0. The number of aldehydes is 1. The molecular weight excluding hydrogens is 410 g/mol. The maximum absolute atomic E-state index is 11.1. The van der Waals surface area contributed by atoms with Crippen LogP contribution in [0.2, 0.25) is 0 Å². The Labute approximate surface area is 184 Å². The molecule has 5 rings (SSSR count). The lowest BCUT2D eigenvalue weighted by Gasteiger charge is -2.13. The molecule has 1 unspecified atom stereocenters. The van der Waals surface area contributed by atoms with Gasteiger partial charge in [-0.3, -0.25) is 9.78 Å². The minimum Gasteiger partial charge on any atom is -0.493 e. The van der Waals surface area contributed by atoms with E-state index in [9.17, 15) is 4.79 Å². The third-order valence-electron chi connectivity index (χ3n) is 5.45. The lowest BCUT2D eigenvalue weighted by molar-refractivity contribution is -0.107. The molecule has 8 heteroatoms. The van der Waals surface area contributed by atoms with Gasteiger partial charge in [0.15, 0.2) is 29.5 Å². The van der Waals surface area contributed by atoms with Gasteiger partial charge in [-0.1, -0.05) is 6.07 Å². The molecule has 32 heavy (non-hydrogen) atoms. The molecule has 0 bridgehead atoms. The maximum atomic E-state index is 11.1. The smallest absolute Gasteiger partial charge is 0.203 e. The Kier molecular flexibility index (Phi) is 4.82. The fourth-order valence-electron chi connectivity index (χ4n) is 3.93. The highest BCUT2D eigenvalue weighted by atomic mass is 16.5. The molecule has 2 N–H and O–H groups in total. The summed E-state index contributed by atoms with van der Waals surface area (Å²) in [6, 6.07) is 13.4. The van der Waals surface area contributed by atoms with Crippen LogP contribution < -0.4 is 24.8 Å². The van der Waals surface area contributed by atoms with Crippen LogP contribution in [0.3, 0.4) is 0 Å². The van der Waals surface area contributed by atoms with Crippen LogP contribution in [0.1, 0.15) is 0 Å². The summed E-state index contributed by atoms with van der Waals surface area (Å²) in [5.41, 5.74) is 5.75. The number of fused-ring (bicyclic) bond motifs is 2. The lowest BCUT2D eigenvalue weighted by atomic mass is 10.0. The Balaban J connectivity index is 1.60. The quantitative estimate of drug-likeness (QED) is 0.430. The van der Waals surface area contributed by atoms with Gasteiger partial charge in [-0.15, -0.1) is 0 Å². The second-order valence-corrected chi connectivity index (χ2v) is 7.26. The number of carbonyl (C=O) groups excluding carboxylic acids is 1. The fourth-order valence-corrected chi connectivity index (χ4v) is 3.93. The molecule has 0 aliphatic carbocycles. The van der Waals surface area contributed by atoms with E-state index in [1.165, 1.54) is 0 Å². The van der Waals surface area contributed by atoms with Crippen molar-refractivity contribution in [3.05, 3.63) is 48.7 Å². The number of nitrogens with one attached hydrogen (secondary N) is 2. The van der Waals surface area contributed by atoms with Gasteiger partial charge in [0.1, 0.15) is 11.3 Å². The number of ether oxygens (including phenoxy) is 3. The number of methoxy groups -OCH3 is 3. The summed E-state index contributed by atoms with van der Waals surface area (Å²) >= 11 is 0. The second kappa shape index (κ2) is 7.81. The van der Waals surface area contributed by atoms with E-state index in [1.54, 1.807) is 27.5 Å². The van der Waals surface area contributed by atoms with Crippen molar-refractivity contribution < 1.29 is 23.4 Å². The van der Waals surface area contributed by atoms with Crippen LogP contribution in [-0.4, -0.2) is 38.8 Å². The molecule has 0 saturated heterocycles. The maximum Gasteiger partial charge on any atom is 0.203 e. The largest absolute Gasteiger partial charge is 0.493 e. The topological polar surface area (TPSA) is 94.9 Å². The normalized spacial score (nSPS) is 14.4. The molecule has 8 nitrogen and oxygen atoms in total. The summed E-state index contributed by atoms with van der Waals surface area (Å²) in [7, 11) is 4.71. The van der Waals surface area contributed by atoms with E-state index in [4.69, 9.17) is 18.6 Å². The minimum atomic E-state index is -0.423. The molecule has 1 aliphatic heterocycles. The zero-order chi connectivity index (χ0) is 22.2. The van der Waals surface area contributed by atoms with Crippen LogP contribution in [0.15, 0.2) is 53.1 Å². The van der Waals surface area contributed by atoms with Crippen LogP contribution in [0, 0.1) is 0 Å². The van der Waals surface area contributed by atoms with Crippen LogP contribution >= 0.6 is 0 Å². The van der Waals surface area contributed by atoms with E-state index < -0.39 is 6.17 Å². The molecule has 0 saturated carbocycles. The Hall–Kier alpha value is -4.20. The number of rotatable bonds is 6. The predicted octanol–water partition coefficient (Wildman–Crippen LogP) is 4.55. The molecule has 162 valence electrons. The first-order valence-electron chi connectivity index (χ1n) is 9.97. The number of furan rings is 1. The van der Waals surface area contributed by atoms with Crippen molar-refractivity contribution in [2.75, 3.05) is 32.0 Å². The van der Waals surface area contributed by atoms with E-state index in [-0.39, 0.29) is 0 Å². The average molecular weight is 431 g/mol. The first-order chi connectivity index (χ1) is 15.6. The second-order valence-electron chi connectivity index (χ2n) is 7.26. The van der Waals surface area contributed by atoms with E-state index in [2.05, 4.69) is 15.6 Å². The van der Waals surface area contributed by atoms with Crippen LogP contribution in [0.5, 0.6) is 17.2 Å². The Morgan fingerprint density at radius 2 is 1.66 bits per heavy atom. The summed E-state index contributed by atoms with van der Waals surface area (Å²) in [5, 5.41) is 6.25. The number of benzene rings is 2. The zero-order valence-corrected chi connectivity index (χ0v) is 17.8. The summed E-state index contributed by atoms with van der Waals surface area (Å²) in [6.07, 6.45) is 2.16. The third kappa shape index (κ3) is 3.17. The first kappa shape index (κ1) is 19.7. The zero-order valence-electron chi connectivity index (χ0n) is 17.8. The Morgan fingerprint density at radius 1 is 0.906 bits per heavy atom. The molecule has 1 atom stereocenters. The standard InChI is InChI=1S/C24H21N3O5/c1-29-20-9-14(10-21(30-2)24(20)31-3)19-11-18-23(32-19)15(6-7-25-18)13-4-5-16-17(8-13)27-22(12-28)26-16/h4-12,22,26-27H,1-3H3. The van der Waals surface area contributed by atoms with Gasteiger partial charge in [0.2, 0.25) is 5.75 Å². The monoisotopic (exact) mass is 431 g/mol. The van der Waals surface area contributed by atoms with E-state index in [0.717, 1.165) is 39.9 Å². The molecule has 1 aliphatic rings. The lowest BCUT2D eigenvalue weighted by Crippen LogP contribution is -2.22. The Bertz CT molecular complexity index is 1310. The number of nitrogens with zero attached hydrogens (tertiary/aromatic N) is 1. The van der Waals surface area contributed by atoms with Gasteiger partial charge in [0.25, 0.3) is 0 Å². The number of aromatic nitrogens is 1.